The monoisotopic (exact) mass is 468 g/mol. The van der Waals surface area contributed by atoms with Crippen LogP contribution in [0.1, 0.15) is 60.0 Å². The lowest BCUT2D eigenvalue weighted by Gasteiger charge is -2.40. The largest absolute Gasteiger partial charge is 0.342 e. The van der Waals surface area contributed by atoms with Crippen LogP contribution in [0.2, 0.25) is 0 Å². The normalized spacial score (nSPS) is 19.1. The summed E-state index contributed by atoms with van der Waals surface area (Å²) in [4.78, 5) is 41.6. The third-order valence-electron chi connectivity index (χ3n) is 7.36. The maximum absolute atomic E-state index is 14.4. The molecule has 0 saturated carbocycles. The van der Waals surface area contributed by atoms with Crippen molar-refractivity contribution in [3.05, 3.63) is 70.8 Å². The molecule has 0 spiro atoms. The Morgan fingerprint density at radius 3 is 2.50 bits per heavy atom. The van der Waals surface area contributed by atoms with Crippen molar-refractivity contribution >= 4 is 17.6 Å². The third kappa shape index (κ3) is 4.74. The van der Waals surface area contributed by atoms with E-state index in [-0.39, 0.29) is 42.4 Å². The third-order valence-corrected chi connectivity index (χ3v) is 7.36. The van der Waals surface area contributed by atoms with Crippen molar-refractivity contribution in [3.8, 4) is 0 Å². The zero-order chi connectivity index (χ0) is 24.4. The summed E-state index contributed by atoms with van der Waals surface area (Å²) in [5.74, 6) is -1.66. The van der Waals surface area contributed by atoms with Crippen LogP contribution >= 0.6 is 0 Å². The van der Waals surface area contributed by atoms with Crippen molar-refractivity contribution in [2.75, 3.05) is 20.1 Å². The lowest BCUT2D eigenvalue weighted by atomic mass is 9.84. The Balaban J connectivity index is 1.47. The van der Waals surface area contributed by atoms with Gasteiger partial charge in [0.25, 0.3) is 0 Å². The molecule has 0 bridgehead atoms. The number of likely N-dealkylation sites (tertiary alicyclic amines) is 1. The molecule has 1 aliphatic heterocycles. The molecule has 2 atom stereocenters. The molecule has 2 aromatic carbocycles. The SMILES string of the molecule is CCC(=O)N(C)C(Cc1ccc(F)cc1F)C1CCN(C(=O)C2CC(=O)c3ccccc32)CC1. The molecule has 0 aromatic heterocycles. The number of piperidine rings is 1. The molecular formula is C27H30F2N2O3. The maximum atomic E-state index is 14.4. The molecule has 1 fully saturated rings. The lowest BCUT2D eigenvalue weighted by molar-refractivity contribution is -0.137. The van der Waals surface area contributed by atoms with Gasteiger partial charge in [0.2, 0.25) is 11.8 Å². The molecule has 1 saturated heterocycles. The van der Waals surface area contributed by atoms with Gasteiger partial charge in [-0.1, -0.05) is 37.3 Å². The lowest BCUT2D eigenvalue weighted by Crippen LogP contribution is -2.49. The van der Waals surface area contributed by atoms with Gasteiger partial charge < -0.3 is 9.80 Å². The van der Waals surface area contributed by atoms with E-state index in [1.54, 1.807) is 24.9 Å². The van der Waals surface area contributed by atoms with Gasteiger partial charge >= 0.3 is 0 Å². The van der Waals surface area contributed by atoms with Gasteiger partial charge in [-0.3, -0.25) is 14.4 Å². The van der Waals surface area contributed by atoms with Gasteiger partial charge in [0.1, 0.15) is 11.6 Å². The summed E-state index contributed by atoms with van der Waals surface area (Å²) in [6, 6.07) is 10.6. The summed E-state index contributed by atoms with van der Waals surface area (Å²) in [5.41, 5.74) is 1.82. The number of benzene rings is 2. The summed E-state index contributed by atoms with van der Waals surface area (Å²) in [6.45, 7) is 2.83. The number of nitrogens with zero attached hydrogens (tertiary/aromatic N) is 2. The zero-order valence-corrected chi connectivity index (χ0v) is 19.6. The van der Waals surface area contributed by atoms with Gasteiger partial charge in [-0.25, -0.2) is 8.78 Å². The second-order valence-corrected chi connectivity index (χ2v) is 9.30. The van der Waals surface area contributed by atoms with Crippen LogP contribution < -0.4 is 0 Å². The number of likely N-dealkylation sites (N-methyl/N-ethyl adjacent to an activating group) is 1. The van der Waals surface area contributed by atoms with Crippen LogP contribution in [0, 0.1) is 17.6 Å². The van der Waals surface area contributed by atoms with Crippen LogP contribution in [0.15, 0.2) is 42.5 Å². The van der Waals surface area contributed by atoms with Gasteiger partial charge in [-0.2, -0.15) is 0 Å². The van der Waals surface area contributed by atoms with Crippen molar-refractivity contribution in [2.24, 2.45) is 5.92 Å². The maximum Gasteiger partial charge on any atom is 0.230 e. The first-order chi connectivity index (χ1) is 16.3. The molecule has 1 heterocycles. The fourth-order valence-corrected chi connectivity index (χ4v) is 5.37. The molecule has 2 unspecified atom stereocenters. The number of carbonyl (C=O) groups is 3. The van der Waals surface area contributed by atoms with E-state index in [1.165, 1.54) is 12.1 Å². The van der Waals surface area contributed by atoms with Crippen molar-refractivity contribution < 1.29 is 23.2 Å². The van der Waals surface area contributed by atoms with E-state index < -0.39 is 17.6 Å². The van der Waals surface area contributed by atoms with Gasteiger partial charge in [0.15, 0.2) is 5.78 Å². The van der Waals surface area contributed by atoms with Crippen molar-refractivity contribution in [1.82, 2.24) is 9.80 Å². The Morgan fingerprint density at radius 1 is 1.12 bits per heavy atom. The first-order valence-electron chi connectivity index (χ1n) is 11.9. The number of carbonyl (C=O) groups excluding carboxylic acids is 3. The van der Waals surface area contributed by atoms with Crippen LogP contribution in [0.4, 0.5) is 8.78 Å². The minimum Gasteiger partial charge on any atom is -0.342 e. The minimum atomic E-state index is -0.630. The van der Waals surface area contributed by atoms with Crippen LogP contribution in [-0.2, 0) is 16.0 Å². The summed E-state index contributed by atoms with van der Waals surface area (Å²) in [5, 5.41) is 0. The smallest absolute Gasteiger partial charge is 0.230 e. The number of hydrogen-bond donors (Lipinski definition) is 0. The number of Topliss-reactive ketones (excluding diaryl/α,β-unsaturated/α-hetero) is 1. The highest BCUT2D eigenvalue weighted by Gasteiger charge is 2.39. The first-order valence-corrected chi connectivity index (χ1v) is 11.9. The average Bonchev–Trinajstić information content (AvgIpc) is 3.19. The topological polar surface area (TPSA) is 57.7 Å². The molecule has 0 radical (unpaired) electrons. The van der Waals surface area contributed by atoms with E-state index in [2.05, 4.69) is 0 Å². The Labute approximate surface area is 198 Å². The van der Waals surface area contributed by atoms with Crippen LogP contribution in [0.3, 0.4) is 0 Å². The van der Waals surface area contributed by atoms with Gasteiger partial charge in [0.05, 0.1) is 5.92 Å². The predicted octanol–water partition coefficient (Wildman–Crippen LogP) is 4.35. The highest BCUT2D eigenvalue weighted by atomic mass is 19.1. The molecule has 2 aliphatic rings. The van der Waals surface area contributed by atoms with Crippen LogP contribution in [0.25, 0.3) is 0 Å². The van der Waals surface area contributed by atoms with E-state index in [0.717, 1.165) is 11.6 Å². The average molecular weight is 469 g/mol. The van der Waals surface area contributed by atoms with Crippen molar-refractivity contribution in [3.63, 3.8) is 0 Å². The van der Waals surface area contributed by atoms with Gasteiger partial charge in [-0.05, 0) is 42.4 Å². The fourth-order valence-electron chi connectivity index (χ4n) is 5.37. The summed E-state index contributed by atoms with van der Waals surface area (Å²) in [6.07, 6.45) is 2.17. The first kappa shape index (κ1) is 24.0. The molecule has 7 heteroatoms. The Morgan fingerprint density at radius 2 is 1.82 bits per heavy atom. The summed E-state index contributed by atoms with van der Waals surface area (Å²) >= 11 is 0. The molecule has 34 heavy (non-hydrogen) atoms. The molecule has 5 nitrogen and oxygen atoms in total. The van der Waals surface area contributed by atoms with Crippen LogP contribution in [-0.4, -0.2) is 53.6 Å². The molecule has 2 amide bonds. The summed E-state index contributed by atoms with van der Waals surface area (Å²) < 4.78 is 27.8. The van der Waals surface area contributed by atoms with Gasteiger partial charge in [-0.15, -0.1) is 0 Å². The molecule has 0 N–H and O–H groups in total. The highest BCUT2D eigenvalue weighted by Crippen LogP contribution is 2.36. The molecule has 1 aliphatic carbocycles. The number of ketones is 1. The number of rotatable bonds is 6. The summed E-state index contributed by atoms with van der Waals surface area (Å²) in [7, 11) is 1.73. The van der Waals surface area contributed by atoms with Crippen molar-refractivity contribution in [1.29, 1.82) is 0 Å². The Kier molecular flexibility index (Phi) is 7.10. The highest BCUT2D eigenvalue weighted by molar-refractivity contribution is 6.06. The zero-order valence-electron chi connectivity index (χ0n) is 19.6. The standard InChI is InChI=1S/C27H30F2N2O3/c1-3-26(33)30(2)24(14-18-8-9-19(28)15-23(18)29)17-10-12-31(13-11-17)27(34)22-16-25(32)21-7-5-4-6-20(21)22/h4-9,15,17,22,24H,3,10-14,16H2,1-2H3. The van der Waals surface area contributed by atoms with E-state index >= 15 is 0 Å². The minimum absolute atomic E-state index is 0.00456. The Hall–Kier alpha value is -3.09. The molecular weight excluding hydrogens is 438 g/mol. The molecule has 2 aromatic rings. The number of halogens is 2. The van der Waals surface area contributed by atoms with E-state index in [0.29, 0.717) is 43.5 Å². The quantitative estimate of drug-likeness (QED) is 0.633. The van der Waals surface area contributed by atoms with Crippen molar-refractivity contribution in [2.45, 2.75) is 51.0 Å². The predicted molar refractivity (Wildman–Crippen MR) is 124 cm³/mol. The van der Waals surface area contributed by atoms with E-state index in [1.807, 2.05) is 23.1 Å². The number of amides is 2. The Bertz CT molecular complexity index is 1100. The number of hydrogen-bond acceptors (Lipinski definition) is 3. The molecule has 4 rings (SSSR count). The second-order valence-electron chi connectivity index (χ2n) is 9.30. The molecule has 180 valence electrons. The van der Waals surface area contributed by atoms with E-state index in [4.69, 9.17) is 0 Å². The second kappa shape index (κ2) is 10.0. The van der Waals surface area contributed by atoms with Crippen LogP contribution in [0.5, 0.6) is 0 Å². The van der Waals surface area contributed by atoms with E-state index in [9.17, 15) is 23.2 Å². The number of fused-ring (bicyclic) bond motifs is 1. The fraction of sp³-hybridized carbons (Fsp3) is 0.444. The van der Waals surface area contributed by atoms with Gasteiger partial charge in [0, 0.05) is 50.7 Å².